The van der Waals surface area contributed by atoms with Gasteiger partial charge in [0.25, 0.3) is 0 Å². The number of hydrogen-bond donors (Lipinski definition) is 1. The highest BCUT2D eigenvalue weighted by Gasteiger charge is 2.20. The van der Waals surface area contributed by atoms with Gasteiger partial charge in [-0.15, -0.1) is 0 Å². The van der Waals surface area contributed by atoms with Crippen molar-refractivity contribution in [1.29, 1.82) is 0 Å². The lowest BCUT2D eigenvalue weighted by Gasteiger charge is -2.10. The largest absolute Gasteiger partial charge is 0.493 e. The van der Waals surface area contributed by atoms with Gasteiger partial charge in [0, 0.05) is 22.7 Å². The van der Waals surface area contributed by atoms with Gasteiger partial charge in [-0.2, -0.15) is 0 Å². The van der Waals surface area contributed by atoms with Crippen LogP contribution in [-0.4, -0.2) is 10.8 Å². The maximum atomic E-state index is 13.3. The Morgan fingerprint density at radius 2 is 2.14 bits per heavy atom. The quantitative estimate of drug-likeness (QED) is 0.881. The molecule has 1 atom stereocenters. The van der Waals surface area contributed by atoms with Crippen LogP contribution in [0.2, 0.25) is 5.02 Å². The lowest BCUT2D eigenvalue weighted by molar-refractivity contribution is 0.354. The summed E-state index contributed by atoms with van der Waals surface area (Å²) < 4.78 is 31.3. The highest BCUT2D eigenvalue weighted by Crippen LogP contribution is 2.34. The monoisotopic (exact) mass is 325 g/mol. The molecule has 6 heteroatoms. The highest BCUT2D eigenvalue weighted by molar-refractivity contribution is 7.84. The van der Waals surface area contributed by atoms with Crippen LogP contribution in [-0.2, 0) is 23.0 Å². The number of hydrogen-bond acceptors (Lipinski definition) is 3. The van der Waals surface area contributed by atoms with Crippen LogP contribution in [0.15, 0.2) is 35.2 Å². The third-order valence-electron chi connectivity index (χ3n) is 3.33. The van der Waals surface area contributed by atoms with Gasteiger partial charge in [-0.05, 0) is 35.9 Å². The van der Waals surface area contributed by atoms with Gasteiger partial charge in [0.05, 0.1) is 28.1 Å². The van der Waals surface area contributed by atoms with Crippen LogP contribution in [0.5, 0.6) is 5.75 Å². The van der Waals surface area contributed by atoms with Crippen molar-refractivity contribution in [2.75, 3.05) is 12.3 Å². The van der Waals surface area contributed by atoms with Crippen molar-refractivity contribution in [1.82, 2.24) is 0 Å². The van der Waals surface area contributed by atoms with E-state index in [0.717, 1.165) is 23.3 Å². The molecule has 0 bridgehead atoms. The number of halogens is 2. The molecular weight excluding hydrogens is 313 g/mol. The summed E-state index contributed by atoms with van der Waals surface area (Å²) in [4.78, 5) is 0.293. The molecule has 1 heterocycles. The van der Waals surface area contributed by atoms with E-state index < -0.39 is 16.6 Å². The van der Waals surface area contributed by atoms with E-state index in [1.807, 2.05) is 6.07 Å². The van der Waals surface area contributed by atoms with Gasteiger partial charge in [0.2, 0.25) is 0 Å². The van der Waals surface area contributed by atoms with E-state index in [1.54, 1.807) is 6.07 Å². The molecule has 1 unspecified atom stereocenters. The molecule has 2 N–H and O–H groups in total. The zero-order valence-corrected chi connectivity index (χ0v) is 12.6. The molecule has 21 heavy (non-hydrogen) atoms. The average molecular weight is 326 g/mol. The lowest BCUT2D eigenvalue weighted by Crippen LogP contribution is -2.03. The number of benzene rings is 2. The molecule has 0 saturated carbocycles. The fraction of sp³-hybridized carbons (Fsp3) is 0.200. The number of fused-ring (bicyclic) bond motifs is 1. The molecule has 1 aliphatic heterocycles. The fourth-order valence-corrected chi connectivity index (χ4v) is 3.87. The fourth-order valence-electron chi connectivity index (χ4n) is 2.38. The number of rotatable bonds is 3. The van der Waals surface area contributed by atoms with Gasteiger partial charge in [-0.3, -0.25) is 4.21 Å². The molecule has 3 nitrogen and oxygen atoms in total. The van der Waals surface area contributed by atoms with E-state index in [4.69, 9.17) is 22.1 Å². The van der Waals surface area contributed by atoms with E-state index >= 15 is 0 Å². The van der Waals surface area contributed by atoms with Crippen molar-refractivity contribution in [2.24, 2.45) is 0 Å². The molecule has 2 aromatic rings. The Labute approximate surface area is 129 Å². The Balaban J connectivity index is 1.94. The van der Waals surface area contributed by atoms with E-state index in [9.17, 15) is 8.60 Å². The first-order valence-electron chi connectivity index (χ1n) is 6.42. The average Bonchev–Trinajstić information content (AvgIpc) is 2.89. The maximum absolute atomic E-state index is 13.3. The molecule has 0 fully saturated rings. The SMILES string of the molecule is Nc1ccc(F)cc1S(=O)Cc1cc(Cl)cc2c1OCC2. The van der Waals surface area contributed by atoms with E-state index in [1.165, 1.54) is 18.2 Å². The highest BCUT2D eigenvalue weighted by atomic mass is 35.5. The van der Waals surface area contributed by atoms with Crippen LogP contribution in [0.3, 0.4) is 0 Å². The third kappa shape index (κ3) is 2.89. The first-order valence-corrected chi connectivity index (χ1v) is 8.12. The number of nitrogens with two attached hydrogens (primary N) is 1. The first kappa shape index (κ1) is 14.4. The zero-order chi connectivity index (χ0) is 15.0. The number of anilines is 1. The first-order chi connectivity index (χ1) is 10.0. The molecule has 1 aliphatic rings. The Hall–Kier alpha value is -1.59. The molecule has 0 amide bonds. The lowest BCUT2D eigenvalue weighted by atomic mass is 10.1. The minimum absolute atomic E-state index is 0.191. The van der Waals surface area contributed by atoms with Crippen LogP contribution in [0.1, 0.15) is 11.1 Å². The van der Waals surface area contributed by atoms with Gasteiger partial charge in [0.15, 0.2) is 0 Å². The Morgan fingerprint density at radius 1 is 1.33 bits per heavy atom. The minimum Gasteiger partial charge on any atom is -0.493 e. The van der Waals surface area contributed by atoms with Gasteiger partial charge in [0.1, 0.15) is 11.6 Å². The standard InChI is InChI=1S/C15H13ClFNO2S/c16-11-5-9-3-4-20-15(9)10(6-11)8-21(19)14-7-12(17)1-2-13(14)18/h1-2,5-7H,3-4,8,18H2. The number of nitrogen functional groups attached to an aromatic ring is 1. The smallest absolute Gasteiger partial charge is 0.126 e. The van der Waals surface area contributed by atoms with Crippen molar-refractivity contribution >= 4 is 28.1 Å². The third-order valence-corrected chi connectivity index (χ3v) is 4.97. The van der Waals surface area contributed by atoms with Gasteiger partial charge in [-0.1, -0.05) is 11.6 Å². The molecule has 2 aromatic carbocycles. The Bertz CT molecular complexity index is 736. The summed E-state index contributed by atoms with van der Waals surface area (Å²) in [5, 5.41) is 0.582. The molecule has 0 aromatic heterocycles. The summed E-state index contributed by atoms with van der Waals surface area (Å²) in [6.45, 7) is 0.595. The molecule has 0 radical (unpaired) electrons. The van der Waals surface area contributed by atoms with E-state index in [2.05, 4.69) is 0 Å². The normalized spacial score (nSPS) is 14.6. The Kier molecular flexibility index (Phi) is 3.87. The molecule has 0 aliphatic carbocycles. The second-order valence-electron chi connectivity index (χ2n) is 4.82. The molecule has 0 saturated heterocycles. The van der Waals surface area contributed by atoms with Crippen LogP contribution >= 0.6 is 11.6 Å². The van der Waals surface area contributed by atoms with Gasteiger partial charge >= 0.3 is 0 Å². The van der Waals surface area contributed by atoms with Gasteiger partial charge < -0.3 is 10.5 Å². The van der Waals surface area contributed by atoms with Crippen molar-refractivity contribution in [3.05, 3.63) is 52.3 Å². The summed E-state index contributed by atoms with van der Waals surface area (Å²) in [5.41, 5.74) is 7.86. The summed E-state index contributed by atoms with van der Waals surface area (Å²) in [5.74, 6) is 0.471. The molecule has 0 spiro atoms. The van der Waals surface area contributed by atoms with Crippen molar-refractivity contribution in [2.45, 2.75) is 17.1 Å². The second kappa shape index (κ2) is 5.66. The predicted molar refractivity (Wildman–Crippen MR) is 81.6 cm³/mol. The topological polar surface area (TPSA) is 52.3 Å². The summed E-state index contributed by atoms with van der Waals surface area (Å²) >= 11 is 6.08. The maximum Gasteiger partial charge on any atom is 0.126 e. The van der Waals surface area contributed by atoms with Crippen molar-refractivity contribution in [3.63, 3.8) is 0 Å². The molecule has 110 valence electrons. The van der Waals surface area contributed by atoms with Crippen LogP contribution in [0, 0.1) is 5.82 Å². The van der Waals surface area contributed by atoms with Gasteiger partial charge in [-0.25, -0.2) is 4.39 Å². The molecular formula is C15H13ClFNO2S. The predicted octanol–water partition coefficient (Wildman–Crippen LogP) is 3.30. The Morgan fingerprint density at radius 3 is 2.95 bits per heavy atom. The van der Waals surface area contributed by atoms with Crippen molar-refractivity contribution < 1.29 is 13.3 Å². The molecule has 3 rings (SSSR count). The number of ether oxygens (including phenoxy) is 1. The zero-order valence-electron chi connectivity index (χ0n) is 11.1. The second-order valence-corrected chi connectivity index (χ2v) is 6.68. The van der Waals surface area contributed by atoms with E-state index in [-0.39, 0.29) is 5.75 Å². The van der Waals surface area contributed by atoms with Crippen LogP contribution < -0.4 is 10.5 Å². The van der Waals surface area contributed by atoms with Crippen LogP contribution in [0.25, 0.3) is 0 Å². The summed E-state index contributed by atoms with van der Waals surface area (Å²) in [6.07, 6.45) is 0.789. The summed E-state index contributed by atoms with van der Waals surface area (Å²) in [7, 11) is -1.46. The summed E-state index contributed by atoms with van der Waals surface area (Å²) in [6, 6.07) is 7.46. The van der Waals surface area contributed by atoms with Crippen molar-refractivity contribution in [3.8, 4) is 5.75 Å². The minimum atomic E-state index is -1.46. The van der Waals surface area contributed by atoms with Crippen LogP contribution in [0.4, 0.5) is 10.1 Å². The van der Waals surface area contributed by atoms with E-state index in [0.29, 0.717) is 22.2 Å².